The highest BCUT2D eigenvalue weighted by Crippen LogP contribution is 2.12. The van der Waals surface area contributed by atoms with Gasteiger partial charge in [0.25, 0.3) is 0 Å². The highest BCUT2D eigenvalue weighted by molar-refractivity contribution is 5.80. The fraction of sp³-hybridized carbons (Fsp3) is 0.529. The molecule has 1 aliphatic heterocycles. The lowest BCUT2D eigenvalue weighted by molar-refractivity contribution is -0.121. The first-order valence-corrected chi connectivity index (χ1v) is 8.23. The topological polar surface area (TPSA) is 59.3 Å². The van der Waals surface area contributed by atoms with Crippen LogP contribution in [0.4, 0.5) is 0 Å². The van der Waals surface area contributed by atoms with Crippen molar-refractivity contribution in [3.63, 3.8) is 0 Å². The average molecular weight is 316 g/mol. The molecule has 1 aliphatic rings. The summed E-state index contributed by atoms with van der Waals surface area (Å²) in [4.78, 5) is 26.9. The van der Waals surface area contributed by atoms with E-state index in [2.05, 4.69) is 17.1 Å². The molecule has 3 rings (SSSR count). The summed E-state index contributed by atoms with van der Waals surface area (Å²) in [6, 6.07) is 7.87. The van der Waals surface area contributed by atoms with Gasteiger partial charge in [0.15, 0.2) is 0 Å². The monoisotopic (exact) mass is 316 g/mol. The molecule has 0 spiro atoms. The normalized spacial score (nSPS) is 16.8. The Hall–Kier alpha value is -2.08. The van der Waals surface area contributed by atoms with E-state index in [0.29, 0.717) is 12.6 Å². The Morgan fingerprint density at radius 2 is 1.87 bits per heavy atom. The van der Waals surface area contributed by atoms with Gasteiger partial charge in [0.2, 0.25) is 5.91 Å². The van der Waals surface area contributed by atoms with Crippen LogP contribution in [-0.4, -0.2) is 45.6 Å². The lowest BCUT2D eigenvalue weighted by Crippen LogP contribution is -2.42. The van der Waals surface area contributed by atoms with Gasteiger partial charge in [0.05, 0.1) is 11.0 Å². The lowest BCUT2D eigenvalue weighted by Gasteiger charge is -2.23. The van der Waals surface area contributed by atoms with Gasteiger partial charge in [-0.25, -0.2) is 4.79 Å². The summed E-state index contributed by atoms with van der Waals surface area (Å²) in [5.74, 6) is -0.116. The quantitative estimate of drug-likeness (QED) is 0.893. The summed E-state index contributed by atoms with van der Waals surface area (Å²) in [5.41, 5.74) is 1.48. The second-order valence-electron chi connectivity index (χ2n) is 6.31. The molecule has 2 heterocycles. The Kier molecular flexibility index (Phi) is 4.52. The number of nitrogens with zero attached hydrogens (tertiary/aromatic N) is 3. The average Bonchev–Trinajstić information content (AvgIpc) is 3.17. The van der Waals surface area contributed by atoms with Crippen LogP contribution in [0.1, 0.15) is 19.8 Å². The maximum atomic E-state index is 12.3. The number of fused-ring (bicyclic) bond motifs is 1. The molecular weight excluding hydrogens is 292 g/mol. The molecule has 1 fully saturated rings. The summed E-state index contributed by atoms with van der Waals surface area (Å²) in [6.45, 7) is 5.04. The summed E-state index contributed by atoms with van der Waals surface area (Å²) in [6.07, 6.45) is 2.48. The molecule has 0 aliphatic carbocycles. The van der Waals surface area contributed by atoms with E-state index < -0.39 is 0 Å². The van der Waals surface area contributed by atoms with Gasteiger partial charge >= 0.3 is 5.69 Å². The van der Waals surface area contributed by atoms with E-state index in [1.807, 2.05) is 24.3 Å². The van der Waals surface area contributed by atoms with Crippen molar-refractivity contribution in [2.45, 2.75) is 32.4 Å². The fourth-order valence-electron chi connectivity index (χ4n) is 3.29. The number of aromatic nitrogens is 2. The number of carbonyl (C=O) groups excluding carboxylic acids is 1. The minimum Gasteiger partial charge on any atom is -0.353 e. The summed E-state index contributed by atoms with van der Waals surface area (Å²) in [7, 11) is 1.73. The van der Waals surface area contributed by atoms with Crippen LogP contribution < -0.4 is 11.0 Å². The van der Waals surface area contributed by atoms with Crippen molar-refractivity contribution in [1.29, 1.82) is 0 Å². The number of para-hydroxylation sites is 2. The van der Waals surface area contributed by atoms with Gasteiger partial charge in [-0.05, 0) is 45.0 Å². The molecule has 0 saturated carbocycles. The number of nitrogens with one attached hydrogen (secondary N) is 1. The predicted octanol–water partition coefficient (Wildman–Crippen LogP) is 0.940. The third-order valence-corrected chi connectivity index (χ3v) is 4.71. The van der Waals surface area contributed by atoms with Crippen molar-refractivity contribution in [1.82, 2.24) is 19.4 Å². The number of hydrogen-bond acceptors (Lipinski definition) is 3. The van der Waals surface area contributed by atoms with E-state index in [-0.39, 0.29) is 18.1 Å². The summed E-state index contributed by atoms with van der Waals surface area (Å²) in [5, 5.41) is 2.96. The van der Waals surface area contributed by atoms with E-state index in [1.54, 1.807) is 11.6 Å². The molecule has 23 heavy (non-hydrogen) atoms. The van der Waals surface area contributed by atoms with E-state index in [9.17, 15) is 9.59 Å². The minimum absolute atomic E-state index is 0.0624. The van der Waals surface area contributed by atoms with Crippen LogP contribution in [0.2, 0.25) is 0 Å². The molecule has 6 heteroatoms. The number of amides is 1. The SMILES string of the molecule is C[C@H](CNC(=O)Cn1c(=O)n(C)c2ccccc21)N1CCCC1. The van der Waals surface area contributed by atoms with Crippen molar-refractivity contribution in [3.8, 4) is 0 Å². The van der Waals surface area contributed by atoms with E-state index in [0.717, 1.165) is 24.1 Å². The smallest absolute Gasteiger partial charge is 0.329 e. The maximum absolute atomic E-state index is 12.3. The van der Waals surface area contributed by atoms with Crippen LogP contribution in [-0.2, 0) is 18.4 Å². The van der Waals surface area contributed by atoms with Gasteiger partial charge in [0.1, 0.15) is 6.54 Å². The van der Waals surface area contributed by atoms with Gasteiger partial charge < -0.3 is 5.32 Å². The first-order valence-electron chi connectivity index (χ1n) is 8.23. The molecule has 2 aromatic rings. The zero-order chi connectivity index (χ0) is 16.4. The van der Waals surface area contributed by atoms with Crippen LogP contribution in [0.15, 0.2) is 29.1 Å². The van der Waals surface area contributed by atoms with Crippen molar-refractivity contribution in [3.05, 3.63) is 34.7 Å². The molecular formula is C17H24N4O2. The molecule has 0 bridgehead atoms. The minimum atomic E-state index is -0.158. The molecule has 0 unspecified atom stereocenters. The van der Waals surface area contributed by atoms with Gasteiger partial charge in [-0.15, -0.1) is 0 Å². The molecule has 0 radical (unpaired) electrons. The van der Waals surface area contributed by atoms with Crippen molar-refractivity contribution >= 4 is 16.9 Å². The van der Waals surface area contributed by atoms with Crippen molar-refractivity contribution in [2.75, 3.05) is 19.6 Å². The van der Waals surface area contributed by atoms with Crippen molar-refractivity contribution < 1.29 is 4.79 Å². The fourth-order valence-corrected chi connectivity index (χ4v) is 3.29. The molecule has 1 amide bonds. The lowest BCUT2D eigenvalue weighted by atomic mass is 10.3. The number of imidazole rings is 1. The van der Waals surface area contributed by atoms with Gasteiger partial charge in [-0.1, -0.05) is 12.1 Å². The Balaban J connectivity index is 1.66. The van der Waals surface area contributed by atoms with Gasteiger partial charge in [-0.2, -0.15) is 0 Å². The van der Waals surface area contributed by atoms with E-state index in [4.69, 9.17) is 0 Å². The standard InChI is InChI=1S/C17H24N4O2/c1-13(20-9-5-6-10-20)11-18-16(22)12-21-15-8-4-3-7-14(15)19(2)17(21)23/h3-4,7-8,13H,5-6,9-12H2,1-2H3,(H,18,22)/t13-/m1/s1. The van der Waals surface area contributed by atoms with E-state index in [1.165, 1.54) is 17.4 Å². The van der Waals surface area contributed by atoms with Gasteiger partial charge in [0, 0.05) is 19.6 Å². The summed E-state index contributed by atoms with van der Waals surface area (Å²) < 4.78 is 3.11. The largest absolute Gasteiger partial charge is 0.353 e. The third kappa shape index (κ3) is 3.17. The maximum Gasteiger partial charge on any atom is 0.329 e. The molecule has 1 N–H and O–H groups in total. The second-order valence-corrected chi connectivity index (χ2v) is 6.31. The zero-order valence-electron chi connectivity index (χ0n) is 13.8. The number of rotatable bonds is 5. The van der Waals surface area contributed by atoms with Crippen LogP contribution in [0.5, 0.6) is 0 Å². The molecule has 6 nitrogen and oxygen atoms in total. The van der Waals surface area contributed by atoms with Crippen LogP contribution >= 0.6 is 0 Å². The molecule has 124 valence electrons. The highest BCUT2D eigenvalue weighted by Gasteiger charge is 2.19. The number of carbonyl (C=O) groups is 1. The van der Waals surface area contributed by atoms with Gasteiger partial charge in [-0.3, -0.25) is 18.8 Å². The Bertz CT molecular complexity index is 756. The second kappa shape index (κ2) is 6.58. The Morgan fingerprint density at radius 1 is 1.22 bits per heavy atom. The van der Waals surface area contributed by atoms with Crippen LogP contribution in [0.3, 0.4) is 0 Å². The predicted molar refractivity (Wildman–Crippen MR) is 90.5 cm³/mol. The van der Waals surface area contributed by atoms with Crippen molar-refractivity contribution in [2.24, 2.45) is 7.05 Å². The molecule has 1 saturated heterocycles. The molecule has 1 atom stereocenters. The summed E-state index contributed by atoms with van der Waals surface area (Å²) >= 11 is 0. The van der Waals surface area contributed by atoms with E-state index >= 15 is 0 Å². The number of hydrogen-bond donors (Lipinski definition) is 1. The number of likely N-dealkylation sites (tertiary alicyclic amines) is 1. The van der Waals surface area contributed by atoms with Crippen LogP contribution in [0, 0.1) is 0 Å². The third-order valence-electron chi connectivity index (χ3n) is 4.71. The number of benzene rings is 1. The number of aryl methyl sites for hydroxylation is 1. The highest BCUT2D eigenvalue weighted by atomic mass is 16.2. The molecule has 1 aromatic carbocycles. The first kappa shape index (κ1) is 15.8. The van der Waals surface area contributed by atoms with Crippen LogP contribution in [0.25, 0.3) is 11.0 Å². The zero-order valence-corrected chi connectivity index (χ0v) is 13.8. The Morgan fingerprint density at radius 3 is 2.57 bits per heavy atom. The first-order chi connectivity index (χ1) is 11.1. The Labute approximate surface area is 135 Å². The molecule has 1 aromatic heterocycles.